The van der Waals surface area contributed by atoms with E-state index in [4.69, 9.17) is 4.74 Å². The number of pyridine rings is 1. The molecular weight excluding hydrogens is 373 g/mol. The van der Waals surface area contributed by atoms with E-state index in [9.17, 15) is 14.0 Å². The molecule has 1 aromatic heterocycles. The molecule has 29 heavy (non-hydrogen) atoms. The Morgan fingerprint density at radius 3 is 2.41 bits per heavy atom. The topological polar surface area (TPSA) is 80.3 Å². The minimum absolute atomic E-state index is 0.266. The van der Waals surface area contributed by atoms with Gasteiger partial charge in [0.1, 0.15) is 11.6 Å². The highest BCUT2D eigenvalue weighted by atomic mass is 19.1. The van der Waals surface area contributed by atoms with Gasteiger partial charge in [0.2, 0.25) is 0 Å². The maximum atomic E-state index is 12.9. The van der Waals surface area contributed by atoms with Crippen LogP contribution in [-0.2, 0) is 11.3 Å². The molecule has 3 aromatic rings. The Hall–Kier alpha value is -3.74. The van der Waals surface area contributed by atoms with Gasteiger partial charge >= 0.3 is 5.97 Å². The monoisotopic (exact) mass is 393 g/mol. The number of carbonyl (C=O) groups is 2. The van der Waals surface area contributed by atoms with Gasteiger partial charge in [-0.15, -0.1) is 0 Å². The molecule has 0 unspecified atom stereocenters. The van der Waals surface area contributed by atoms with E-state index >= 15 is 0 Å². The molecule has 0 aliphatic carbocycles. The van der Waals surface area contributed by atoms with Crippen LogP contribution in [0.2, 0.25) is 0 Å². The summed E-state index contributed by atoms with van der Waals surface area (Å²) in [4.78, 5) is 28.3. The quantitative estimate of drug-likeness (QED) is 0.592. The third-order valence-corrected chi connectivity index (χ3v) is 4.06. The molecule has 2 N–H and O–H groups in total. The van der Waals surface area contributed by atoms with Crippen molar-refractivity contribution in [2.75, 3.05) is 11.9 Å². The molecule has 0 saturated heterocycles. The number of carbonyl (C=O) groups excluding carboxylic acids is 2. The lowest BCUT2D eigenvalue weighted by Crippen LogP contribution is -2.22. The van der Waals surface area contributed by atoms with Crippen molar-refractivity contribution in [3.05, 3.63) is 89.4 Å². The number of hydrogen-bond donors (Lipinski definition) is 2. The minimum Gasteiger partial charge on any atom is -0.462 e. The summed E-state index contributed by atoms with van der Waals surface area (Å²) in [5.74, 6) is -0.474. The molecule has 148 valence electrons. The lowest BCUT2D eigenvalue weighted by molar-refractivity contribution is 0.0526. The van der Waals surface area contributed by atoms with E-state index in [1.54, 1.807) is 55.5 Å². The molecule has 0 spiro atoms. The Balaban J connectivity index is 1.62. The SMILES string of the molecule is CCOC(=O)c1ccc(Nc2cc(C(=O)NCc3ccc(F)cc3)ccn2)cc1. The Kier molecular flexibility index (Phi) is 6.52. The van der Waals surface area contributed by atoms with Gasteiger partial charge in [-0.2, -0.15) is 0 Å². The fourth-order valence-corrected chi connectivity index (χ4v) is 2.58. The van der Waals surface area contributed by atoms with E-state index in [-0.39, 0.29) is 17.7 Å². The van der Waals surface area contributed by atoms with Gasteiger partial charge in [0.25, 0.3) is 5.91 Å². The van der Waals surface area contributed by atoms with Crippen LogP contribution < -0.4 is 10.6 Å². The standard InChI is InChI=1S/C22H20FN3O3/c1-2-29-22(28)16-5-9-19(10-6-16)26-20-13-17(11-12-24-20)21(27)25-14-15-3-7-18(23)8-4-15/h3-13H,2,14H2,1H3,(H,24,26)(H,25,27). The number of nitrogens with zero attached hydrogens (tertiary/aromatic N) is 1. The molecule has 2 aromatic carbocycles. The summed E-state index contributed by atoms with van der Waals surface area (Å²) in [6.45, 7) is 2.36. The molecular formula is C22H20FN3O3. The number of hydrogen-bond acceptors (Lipinski definition) is 5. The molecule has 1 amide bonds. The van der Waals surface area contributed by atoms with E-state index in [1.165, 1.54) is 18.3 Å². The highest BCUT2D eigenvalue weighted by molar-refractivity contribution is 5.95. The second-order valence-electron chi connectivity index (χ2n) is 6.16. The van der Waals surface area contributed by atoms with E-state index in [2.05, 4.69) is 15.6 Å². The summed E-state index contributed by atoms with van der Waals surface area (Å²) in [6.07, 6.45) is 1.53. The molecule has 3 rings (SSSR count). The van der Waals surface area contributed by atoms with Crippen molar-refractivity contribution in [1.29, 1.82) is 0 Å². The Bertz CT molecular complexity index is 989. The normalized spacial score (nSPS) is 10.3. The van der Waals surface area contributed by atoms with Gasteiger partial charge in [-0.25, -0.2) is 14.2 Å². The maximum Gasteiger partial charge on any atom is 0.338 e. The molecule has 6 nitrogen and oxygen atoms in total. The summed E-state index contributed by atoms with van der Waals surface area (Å²) >= 11 is 0. The van der Waals surface area contributed by atoms with Crippen molar-refractivity contribution in [1.82, 2.24) is 10.3 Å². The number of aromatic nitrogens is 1. The molecule has 7 heteroatoms. The van der Waals surface area contributed by atoms with Crippen molar-refractivity contribution in [3.63, 3.8) is 0 Å². The zero-order chi connectivity index (χ0) is 20.6. The third kappa shape index (κ3) is 5.62. The molecule has 0 radical (unpaired) electrons. The first-order valence-corrected chi connectivity index (χ1v) is 9.08. The number of ether oxygens (including phenoxy) is 1. The number of halogens is 1. The smallest absolute Gasteiger partial charge is 0.338 e. The predicted molar refractivity (Wildman–Crippen MR) is 107 cm³/mol. The van der Waals surface area contributed by atoms with Gasteiger partial charge in [-0.3, -0.25) is 4.79 Å². The summed E-state index contributed by atoms with van der Waals surface area (Å²) < 4.78 is 17.9. The van der Waals surface area contributed by atoms with E-state index in [1.807, 2.05) is 0 Å². The number of rotatable bonds is 7. The molecule has 0 bridgehead atoms. The first-order valence-electron chi connectivity index (χ1n) is 9.08. The molecule has 1 heterocycles. The van der Waals surface area contributed by atoms with Crippen LogP contribution in [0.25, 0.3) is 0 Å². The van der Waals surface area contributed by atoms with Crippen LogP contribution in [0, 0.1) is 5.82 Å². The van der Waals surface area contributed by atoms with Gasteiger partial charge in [0.05, 0.1) is 12.2 Å². The summed E-state index contributed by atoms with van der Waals surface area (Å²) in [6, 6.07) is 15.9. The average Bonchev–Trinajstić information content (AvgIpc) is 2.74. The molecule has 0 atom stereocenters. The van der Waals surface area contributed by atoms with Gasteiger partial charge in [0.15, 0.2) is 0 Å². The third-order valence-electron chi connectivity index (χ3n) is 4.06. The number of amides is 1. The van der Waals surface area contributed by atoms with E-state index in [0.29, 0.717) is 30.1 Å². The van der Waals surface area contributed by atoms with Crippen molar-refractivity contribution >= 4 is 23.4 Å². The number of anilines is 2. The van der Waals surface area contributed by atoms with Crippen LogP contribution in [0.5, 0.6) is 0 Å². The average molecular weight is 393 g/mol. The van der Waals surface area contributed by atoms with Gasteiger partial charge < -0.3 is 15.4 Å². The fourth-order valence-electron chi connectivity index (χ4n) is 2.58. The molecule has 0 fully saturated rings. The van der Waals surface area contributed by atoms with Crippen LogP contribution in [0.4, 0.5) is 15.9 Å². The van der Waals surface area contributed by atoms with Crippen molar-refractivity contribution in [3.8, 4) is 0 Å². The predicted octanol–water partition coefficient (Wildman–Crippen LogP) is 4.07. The second-order valence-corrected chi connectivity index (χ2v) is 6.16. The Labute approximate surface area is 167 Å². The summed E-state index contributed by atoms with van der Waals surface area (Å²) in [7, 11) is 0. The molecule has 0 aliphatic heterocycles. The summed E-state index contributed by atoms with van der Waals surface area (Å²) in [5, 5.41) is 5.88. The zero-order valence-electron chi connectivity index (χ0n) is 15.8. The van der Waals surface area contributed by atoms with Crippen LogP contribution in [0.3, 0.4) is 0 Å². The van der Waals surface area contributed by atoms with Crippen LogP contribution in [0.1, 0.15) is 33.2 Å². The maximum absolute atomic E-state index is 12.9. The number of benzene rings is 2. The van der Waals surface area contributed by atoms with Crippen LogP contribution in [0.15, 0.2) is 66.9 Å². The first-order chi connectivity index (χ1) is 14.0. The van der Waals surface area contributed by atoms with Gasteiger partial charge in [0, 0.05) is 24.0 Å². The molecule has 0 aliphatic rings. The van der Waals surface area contributed by atoms with Crippen LogP contribution >= 0.6 is 0 Å². The first kappa shape index (κ1) is 20.0. The van der Waals surface area contributed by atoms with E-state index in [0.717, 1.165) is 11.3 Å². The van der Waals surface area contributed by atoms with Crippen LogP contribution in [-0.4, -0.2) is 23.5 Å². The summed E-state index contributed by atoms with van der Waals surface area (Å²) in [5.41, 5.74) is 2.41. The minimum atomic E-state index is -0.378. The number of esters is 1. The van der Waals surface area contributed by atoms with Crippen molar-refractivity contribution in [2.45, 2.75) is 13.5 Å². The lowest BCUT2D eigenvalue weighted by Gasteiger charge is -2.09. The van der Waals surface area contributed by atoms with Gasteiger partial charge in [-0.1, -0.05) is 12.1 Å². The number of nitrogens with one attached hydrogen (secondary N) is 2. The fraction of sp³-hybridized carbons (Fsp3) is 0.136. The largest absolute Gasteiger partial charge is 0.462 e. The highest BCUT2D eigenvalue weighted by Gasteiger charge is 2.09. The van der Waals surface area contributed by atoms with Gasteiger partial charge in [-0.05, 0) is 61.0 Å². The van der Waals surface area contributed by atoms with Crippen molar-refractivity contribution in [2.24, 2.45) is 0 Å². The Morgan fingerprint density at radius 1 is 1.00 bits per heavy atom. The zero-order valence-corrected chi connectivity index (χ0v) is 15.8. The lowest BCUT2D eigenvalue weighted by atomic mass is 10.2. The molecule has 0 saturated carbocycles. The Morgan fingerprint density at radius 2 is 1.72 bits per heavy atom. The highest BCUT2D eigenvalue weighted by Crippen LogP contribution is 2.17. The van der Waals surface area contributed by atoms with E-state index < -0.39 is 0 Å². The second kappa shape index (κ2) is 9.45. The van der Waals surface area contributed by atoms with Crippen molar-refractivity contribution < 1.29 is 18.7 Å².